The minimum Gasteiger partial charge on any atom is -0.460 e. The Kier molecular flexibility index (Phi) is 5.96. The zero-order valence-corrected chi connectivity index (χ0v) is 12.8. The van der Waals surface area contributed by atoms with Gasteiger partial charge in [-0.25, -0.2) is 4.39 Å². The lowest BCUT2D eigenvalue weighted by Crippen LogP contribution is -2.24. The van der Waals surface area contributed by atoms with Gasteiger partial charge in [-0.2, -0.15) is 0 Å². The highest BCUT2D eigenvalue weighted by molar-refractivity contribution is 6.31. The molecule has 0 aliphatic heterocycles. The zero-order chi connectivity index (χ0) is 15.3. The second-order valence-electron chi connectivity index (χ2n) is 5.70. The number of rotatable bonds is 5. The first-order valence-corrected chi connectivity index (χ1v) is 6.98. The summed E-state index contributed by atoms with van der Waals surface area (Å²) in [6, 6.07) is 4.62. The van der Waals surface area contributed by atoms with Gasteiger partial charge in [-0.15, -0.1) is 0 Å². The van der Waals surface area contributed by atoms with E-state index >= 15 is 0 Å². The summed E-state index contributed by atoms with van der Waals surface area (Å²) in [4.78, 5) is 11.7. The lowest BCUT2D eigenvalue weighted by Gasteiger charge is -2.21. The molecule has 1 aromatic rings. The molecule has 3 nitrogen and oxygen atoms in total. The van der Waals surface area contributed by atoms with Crippen LogP contribution in [0.2, 0.25) is 5.02 Å². The fourth-order valence-electron chi connectivity index (χ4n) is 1.92. The van der Waals surface area contributed by atoms with Crippen LogP contribution in [0.25, 0.3) is 0 Å². The highest BCUT2D eigenvalue weighted by atomic mass is 35.5. The molecule has 0 amide bonds. The molecule has 20 heavy (non-hydrogen) atoms. The Labute approximate surface area is 124 Å². The molecule has 0 bridgehead atoms. The summed E-state index contributed by atoms with van der Waals surface area (Å²) in [5, 5.41) is 0.0761. The van der Waals surface area contributed by atoms with Crippen LogP contribution in [0.4, 0.5) is 4.39 Å². The molecule has 0 saturated carbocycles. The molecule has 1 unspecified atom stereocenters. The van der Waals surface area contributed by atoms with E-state index in [0.717, 1.165) is 0 Å². The summed E-state index contributed by atoms with van der Waals surface area (Å²) in [6.07, 6.45) is 0.709. The van der Waals surface area contributed by atoms with Gasteiger partial charge < -0.3 is 10.5 Å². The van der Waals surface area contributed by atoms with Crippen molar-refractivity contribution in [3.63, 3.8) is 0 Å². The van der Waals surface area contributed by atoms with Crippen LogP contribution >= 0.6 is 11.6 Å². The highest BCUT2D eigenvalue weighted by Gasteiger charge is 2.20. The Hall–Kier alpha value is -1.13. The SMILES string of the molecule is CC(C)(C)OC(=O)CCC(CN)c1cccc(F)c1Cl. The molecule has 5 heteroatoms. The number of nitrogens with two attached hydrogens (primary N) is 1. The molecule has 0 fully saturated rings. The summed E-state index contributed by atoms with van der Waals surface area (Å²) in [5.41, 5.74) is 5.83. The van der Waals surface area contributed by atoms with Crippen LogP contribution in [-0.2, 0) is 9.53 Å². The summed E-state index contributed by atoms with van der Waals surface area (Å²) in [5.74, 6) is -0.922. The number of hydrogen-bond acceptors (Lipinski definition) is 3. The largest absolute Gasteiger partial charge is 0.460 e. The van der Waals surface area contributed by atoms with Crippen molar-refractivity contribution < 1.29 is 13.9 Å². The number of benzene rings is 1. The van der Waals surface area contributed by atoms with Crippen LogP contribution in [0, 0.1) is 5.82 Å². The van der Waals surface area contributed by atoms with Crippen molar-refractivity contribution in [2.45, 2.75) is 45.1 Å². The van der Waals surface area contributed by atoms with Gasteiger partial charge in [0, 0.05) is 6.42 Å². The van der Waals surface area contributed by atoms with E-state index in [9.17, 15) is 9.18 Å². The maximum Gasteiger partial charge on any atom is 0.306 e. The molecule has 1 atom stereocenters. The second-order valence-corrected chi connectivity index (χ2v) is 6.08. The molecule has 1 rings (SSSR count). The molecule has 0 heterocycles. The van der Waals surface area contributed by atoms with Gasteiger partial charge in [-0.1, -0.05) is 23.7 Å². The van der Waals surface area contributed by atoms with Crippen LogP contribution in [0.1, 0.15) is 45.1 Å². The lowest BCUT2D eigenvalue weighted by atomic mass is 9.94. The van der Waals surface area contributed by atoms with Crippen LogP contribution in [0.15, 0.2) is 18.2 Å². The minimum absolute atomic E-state index is 0.0761. The van der Waals surface area contributed by atoms with E-state index in [-0.39, 0.29) is 23.3 Å². The van der Waals surface area contributed by atoms with Crippen molar-refractivity contribution in [1.29, 1.82) is 0 Å². The Morgan fingerprint density at radius 3 is 2.65 bits per heavy atom. The first kappa shape index (κ1) is 16.9. The molecule has 0 spiro atoms. The number of halogens is 2. The highest BCUT2D eigenvalue weighted by Crippen LogP contribution is 2.29. The van der Waals surface area contributed by atoms with Gasteiger partial charge >= 0.3 is 5.97 Å². The maximum absolute atomic E-state index is 13.4. The number of carbonyl (C=O) groups excluding carboxylic acids is 1. The molecule has 1 aromatic carbocycles. The summed E-state index contributed by atoms with van der Waals surface area (Å²) in [6.45, 7) is 5.74. The van der Waals surface area contributed by atoms with Crippen molar-refractivity contribution in [2.24, 2.45) is 5.73 Å². The molecule has 0 aromatic heterocycles. The average molecular weight is 302 g/mol. The van der Waals surface area contributed by atoms with E-state index in [1.54, 1.807) is 12.1 Å². The van der Waals surface area contributed by atoms with Gasteiger partial charge in [0.2, 0.25) is 0 Å². The topological polar surface area (TPSA) is 52.3 Å². The molecule has 2 N–H and O–H groups in total. The van der Waals surface area contributed by atoms with Gasteiger partial charge in [0.1, 0.15) is 11.4 Å². The van der Waals surface area contributed by atoms with Gasteiger partial charge in [0.15, 0.2) is 0 Å². The van der Waals surface area contributed by atoms with Gasteiger partial charge in [-0.3, -0.25) is 4.79 Å². The van der Waals surface area contributed by atoms with Crippen molar-refractivity contribution in [3.8, 4) is 0 Å². The van der Waals surface area contributed by atoms with Gasteiger partial charge in [0.05, 0.1) is 5.02 Å². The lowest BCUT2D eigenvalue weighted by molar-refractivity contribution is -0.155. The first-order valence-electron chi connectivity index (χ1n) is 6.60. The smallest absolute Gasteiger partial charge is 0.306 e. The normalized spacial score (nSPS) is 13.1. The molecular formula is C15H21ClFNO2. The quantitative estimate of drug-likeness (QED) is 0.845. The fourth-order valence-corrected chi connectivity index (χ4v) is 2.20. The standard InChI is InChI=1S/C15H21ClFNO2/c1-15(2,3)20-13(19)8-7-10(9-18)11-5-4-6-12(17)14(11)16/h4-6,10H,7-9,18H2,1-3H3. The van der Waals surface area contributed by atoms with E-state index in [0.29, 0.717) is 18.5 Å². The molecule has 0 radical (unpaired) electrons. The van der Waals surface area contributed by atoms with Gasteiger partial charge in [-0.05, 0) is 51.3 Å². The van der Waals surface area contributed by atoms with Crippen molar-refractivity contribution in [2.75, 3.05) is 6.54 Å². The van der Waals surface area contributed by atoms with Gasteiger partial charge in [0.25, 0.3) is 0 Å². The van der Waals surface area contributed by atoms with E-state index in [2.05, 4.69) is 0 Å². The maximum atomic E-state index is 13.4. The molecule has 0 aliphatic carbocycles. The van der Waals surface area contributed by atoms with E-state index in [1.807, 2.05) is 20.8 Å². The molecule has 0 aliphatic rings. The van der Waals surface area contributed by atoms with Crippen LogP contribution in [0.5, 0.6) is 0 Å². The summed E-state index contributed by atoms with van der Waals surface area (Å²) < 4.78 is 18.7. The Morgan fingerprint density at radius 1 is 1.45 bits per heavy atom. The number of ether oxygens (including phenoxy) is 1. The fraction of sp³-hybridized carbons (Fsp3) is 0.533. The van der Waals surface area contributed by atoms with Crippen LogP contribution in [0.3, 0.4) is 0 Å². The second kappa shape index (κ2) is 7.04. The van der Waals surface area contributed by atoms with Crippen molar-refractivity contribution >= 4 is 17.6 Å². The third-order valence-corrected chi connectivity index (χ3v) is 3.22. The Balaban J connectivity index is 2.69. The Morgan fingerprint density at radius 2 is 2.10 bits per heavy atom. The Bertz CT molecular complexity index is 471. The third kappa shape index (κ3) is 5.10. The zero-order valence-electron chi connectivity index (χ0n) is 12.1. The van der Waals surface area contributed by atoms with Crippen LogP contribution in [-0.4, -0.2) is 18.1 Å². The first-order chi connectivity index (χ1) is 9.24. The molecular weight excluding hydrogens is 281 g/mol. The summed E-state index contributed by atoms with van der Waals surface area (Å²) >= 11 is 5.94. The minimum atomic E-state index is -0.508. The number of esters is 1. The predicted octanol–water partition coefficient (Wildman–Crippen LogP) is 3.64. The monoisotopic (exact) mass is 301 g/mol. The van der Waals surface area contributed by atoms with E-state index in [4.69, 9.17) is 22.1 Å². The predicted molar refractivity (Wildman–Crippen MR) is 78.3 cm³/mol. The van der Waals surface area contributed by atoms with Crippen molar-refractivity contribution in [1.82, 2.24) is 0 Å². The number of hydrogen-bond donors (Lipinski definition) is 1. The van der Waals surface area contributed by atoms with Crippen LogP contribution < -0.4 is 5.73 Å². The number of carbonyl (C=O) groups is 1. The summed E-state index contributed by atoms with van der Waals surface area (Å²) in [7, 11) is 0. The van der Waals surface area contributed by atoms with Crippen molar-refractivity contribution in [3.05, 3.63) is 34.6 Å². The third-order valence-electron chi connectivity index (χ3n) is 2.82. The molecule has 112 valence electrons. The molecule has 0 saturated heterocycles. The average Bonchev–Trinajstić information content (AvgIpc) is 2.32. The van der Waals surface area contributed by atoms with E-state index in [1.165, 1.54) is 6.07 Å². The van der Waals surface area contributed by atoms with E-state index < -0.39 is 11.4 Å².